The Hall–Kier alpha value is -1.19. The molecule has 4 heteroatoms. The average molecular weight is 202 g/mol. The Kier molecular flexibility index (Phi) is 1.94. The fourth-order valence-corrected chi connectivity index (χ4v) is 1.65. The Labute approximate surface area is 79.2 Å². The van der Waals surface area contributed by atoms with Crippen LogP contribution in [-0.4, -0.2) is 11.3 Å². The predicted octanol–water partition coefficient (Wildman–Crippen LogP) is 3.06. The van der Waals surface area contributed by atoms with Gasteiger partial charge in [-0.15, -0.1) is 0 Å². The fourth-order valence-electron chi connectivity index (χ4n) is 1.65. The molecule has 2 atom stereocenters. The van der Waals surface area contributed by atoms with Gasteiger partial charge in [0.15, 0.2) is 0 Å². The van der Waals surface area contributed by atoms with Crippen LogP contribution in [0.15, 0.2) is 24.3 Å². The van der Waals surface area contributed by atoms with Gasteiger partial charge < -0.3 is 5.11 Å². The summed E-state index contributed by atoms with van der Waals surface area (Å²) in [5, 5.41) is 8.96. The van der Waals surface area contributed by atoms with E-state index in [1.165, 1.54) is 12.1 Å². The molecule has 0 saturated heterocycles. The van der Waals surface area contributed by atoms with Crippen LogP contribution in [0.5, 0.6) is 5.75 Å². The molecule has 0 unspecified atom stereocenters. The molecule has 0 amide bonds. The first-order valence-electron chi connectivity index (χ1n) is 4.34. The number of alkyl halides is 3. The van der Waals surface area contributed by atoms with Gasteiger partial charge in [0.1, 0.15) is 5.75 Å². The molecule has 1 aromatic rings. The number of hydrogen-bond acceptors (Lipinski definition) is 1. The standard InChI is InChI=1S/C10H9F3O/c11-10(12,13)9-5-8(9)6-1-3-7(14)4-2-6/h1-4,8-9,14H,5H2/t8-,9+/m1/s1. The predicted molar refractivity (Wildman–Crippen MR) is 45.0 cm³/mol. The van der Waals surface area contributed by atoms with Crippen molar-refractivity contribution in [3.8, 4) is 5.75 Å². The Morgan fingerprint density at radius 1 is 1.14 bits per heavy atom. The maximum absolute atomic E-state index is 12.2. The lowest BCUT2D eigenvalue weighted by Gasteiger charge is -2.05. The molecular weight excluding hydrogens is 193 g/mol. The van der Waals surface area contributed by atoms with Crippen molar-refractivity contribution in [2.75, 3.05) is 0 Å². The Morgan fingerprint density at radius 2 is 1.71 bits per heavy atom. The topological polar surface area (TPSA) is 20.2 Å². The number of phenolic OH excluding ortho intramolecular Hbond substituents is 1. The average Bonchev–Trinajstić information content (AvgIpc) is 2.83. The van der Waals surface area contributed by atoms with E-state index >= 15 is 0 Å². The van der Waals surface area contributed by atoms with Crippen LogP contribution in [-0.2, 0) is 0 Å². The molecule has 1 fully saturated rings. The summed E-state index contributed by atoms with van der Waals surface area (Å²) >= 11 is 0. The van der Waals surface area contributed by atoms with Crippen molar-refractivity contribution in [1.82, 2.24) is 0 Å². The van der Waals surface area contributed by atoms with E-state index in [9.17, 15) is 13.2 Å². The highest BCUT2D eigenvalue weighted by Crippen LogP contribution is 2.56. The minimum Gasteiger partial charge on any atom is -0.508 e. The third-order valence-electron chi connectivity index (χ3n) is 2.53. The SMILES string of the molecule is Oc1ccc([C@H]2C[C@@H]2C(F)(F)F)cc1. The van der Waals surface area contributed by atoms with Gasteiger partial charge in [0.05, 0.1) is 5.92 Å². The van der Waals surface area contributed by atoms with Crippen LogP contribution in [0, 0.1) is 5.92 Å². The summed E-state index contributed by atoms with van der Waals surface area (Å²) in [6.07, 6.45) is -3.91. The van der Waals surface area contributed by atoms with Crippen LogP contribution in [0.3, 0.4) is 0 Å². The van der Waals surface area contributed by atoms with Gasteiger partial charge in [-0.3, -0.25) is 0 Å². The van der Waals surface area contributed by atoms with Crippen molar-refractivity contribution >= 4 is 0 Å². The minimum absolute atomic E-state index is 0.0814. The molecule has 0 heterocycles. The molecule has 1 saturated carbocycles. The number of phenols is 1. The highest BCUT2D eigenvalue weighted by atomic mass is 19.4. The van der Waals surface area contributed by atoms with Crippen LogP contribution >= 0.6 is 0 Å². The van der Waals surface area contributed by atoms with E-state index in [0.29, 0.717) is 5.56 Å². The summed E-state index contributed by atoms with van der Waals surface area (Å²) in [7, 11) is 0. The molecule has 1 nitrogen and oxygen atoms in total. The zero-order chi connectivity index (χ0) is 10.3. The van der Waals surface area contributed by atoms with Gasteiger partial charge in [0.2, 0.25) is 0 Å². The molecule has 2 rings (SSSR count). The smallest absolute Gasteiger partial charge is 0.392 e. The van der Waals surface area contributed by atoms with Crippen molar-refractivity contribution in [1.29, 1.82) is 0 Å². The lowest BCUT2D eigenvalue weighted by atomic mass is 10.1. The van der Waals surface area contributed by atoms with E-state index in [-0.39, 0.29) is 12.2 Å². The second-order valence-electron chi connectivity index (χ2n) is 3.58. The molecule has 0 aromatic heterocycles. The molecule has 0 spiro atoms. The quantitative estimate of drug-likeness (QED) is 0.742. The molecule has 0 bridgehead atoms. The van der Waals surface area contributed by atoms with Crippen molar-refractivity contribution < 1.29 is 18.3 Å². The van der Waals surface area contributed by atoms with Crippen LogP contribution in [0.2, 0.25) is 0 Å². The number of hydrogen-bond donors (Lipinski definition) is 1. The highest BCUT2D eigenvalue weighted by Gasteiger charge is 2.55. The molecular formula is C10H9F3O. The van der Waals surface area contributed by atoms with Gasteiger partial charge in [-0.25, -0.2) is 0 Å². The van der Waals surface area contributed by atoms with Gasteiger partial charge in [-0.05, 0) is 30.0 Å². The first-order valence-corrected chi connectivity index (χ1v) is 4.34. The van der Waals surface area contributed by atoms with Crippen LogP contribution in [0.25, 0.3) is 0 Å². The monoisotopic (exact) mass is 202 g/mol. The summed E-state index contributed by atoms with van der Waals surface area (Å²) in [5.41, 5.74) is 0.658. The van der Waals surface area contributed by atoms with E-state index in [2.05, 4.69) is 0 Å². The van der Waals surface area contributed by atoms with E-state index < -0.39 is 18.0 Å². The van der Waals surface area contributed by atoms with Crippen LogP contribution in [0.1, 0.15) is 17.9 Å². The fraction of sp³-hybridized carbons (Fsp3) is 0.400. The maximum Gasteiger partial charge on any atom is 0.392 e. The largest absolute Gasteiger partial charge is 0.508 e. The summed E-state index contributed by atoms with van der Waals surface area (Å²) in [5.74, 6) is -1.51. The maximum atomic E-state index is 12.2. The van der Waals surface area contributed by atoms with E-state index in [0.717, 1.165) is 0 Å². The molecule has 0 radical (unpaired) electrons. The molecule has 1 N–H and O–H groups in total. The Balaban J connectivity index is 2.10. The second kappa shape index (κ2) is 2.90. The molecule has 0 aliphatic heterocycles. The van der Waals surface area contributed by atoms with Gasteiger partial charge in [-0.1, -0.05) is 12.1 Å². The highest BCUT2D eigenvalue weighted by molar-refractivity contribution is 5.32. The van der Waals surface area contributed by atoms with Gasteiger partial charge in [0.25, 0.3) is 0 Å². The van der Waals surface area contributed by atoms with E-state index in [4.69, 9.17) is 5.11 Å². The minimum atomic E-state index is -4.08. The van der Waals surface area contributed by atoms with E-state index in [1.807, 2.05) is 0 Å². The first kappa shape index (κ1) is 9.37. The van der Waals surface area contributed by atoms with Crippen molar-refractivity contribution in [3.63, 3.8) is 0 Å². The second-order valence-corrected chi connectivity index (χ2v) is 3.58. The summed E-state index contributed by atoms with van der Waals surface area (Å²) in [6, 6.07) is 5.93. The molecule has 1 aliphatic rings. The van der Waals surface area contributed by atoms with Crippen molar-refractivity contribution in [3.05, 3.63) is 29.8 Å². The summed E-state index contributed by atoms with van der Waals surface area (Å²) in [4.78, 5) is 0. The third-order valence-corrected chi connectivity index (χ3v) is 2.53. The van der Waals surface area contributed by atoms with Crippen LogP contribution < -0.4 is 0 Å². The normalized spacial score (nSPS) is 26.2. The number of rotatable bonds is 1. The molecule has 1 aromatic carbocycles. The molecule has 1 aliphatic carbocycles. The van der Waals surface area contributed by atoms with Crippen molar-refractivity contribution in [2.24, 2.45) is 5.92 Å². The molecule has 76 valence electrons. The van der Waals surface area contributed by atoms with Gasteiger partial charge in [-0.2, -0.15) is 13.2 Å². The third kappa shape index (κ3) is 1.69. The Bertz CT molecular complexity index is 328. The number of aromatic hydroxyl groups is 1. The van der Waals surface area contributed by atoms with Gasteiger partial charge >= 0.3 is 6.18 Å². The van der Waals surface area contributed by atoms with Gasteiger partial charge in [0, 0.05) is 0 Å². The Morgan fingerprint density at radius 3 is 2.14 bits per heavy atom. The summed E-state index contributed by atoms with van der Waals surface area (Å²) < 4.78 is 36.6. The number of benzene rings is 1. The number of halogens is 3. The van der Waals surface area contributed by atoms with E-state index in [1.54, 1.807) is 12.1 Å². The zero-order valence-corrected chi connectivity index (χ0v) is 7.25. The van der Waals surface area contributed by atoms with Crippen molar-refractivity contribution in [2.45, 2.75) is 18.5 Å². The first-order chi connectivity index (χ1) is 6.48. The summed E-state index contributed by atoms with van der Waals surface area (Å²) in [6.45, 7) is 0. The lowest BCUT2D eigenvalue weighted by Crippen LogP contribution is -2.11. The van der Waals surface area contributed by atoms with Crippen LogP contribution in [0.4, 0.5) is 13.2 Å². The lowest BCUT2D eigenvalue weighted by molar-refractivity contribution is -0.148. The zero-order valence-electron chi connectivity index (χ0n) is 7.25. The molecule has 14 heavy (non-hydrogen) atoms.